The summed E-state index contributed by atoms with van der Waals surface area (Å²) in [6, 6.07) is 14.0. The molecule has 0 saturated heterocycles. The second-order valence-electron chi connectivity index (χ2n) is 8.81. The molecule has 0 saturated carbocycles. The quantitative estimate of drug-likeness (QED) is 0.140. The van der Waals surface area contributed by atoms with E-state index < -0.39 is 24.0 Å². The van der Waals surface area contributed by atoms with Crippen LogP contribution in [0.25, 0.3) is 11.3 Å². The molecule has 5 N–H and O–H groups in total. The molecule has 2 aromatic carbocycles. The molecule has 1 atom stereocenters. The van der Waals surface area contributed by atoms with E-state index in [-0.39, 0.29) is 49.7 Å². The standard InChI is InChI=1S/C27H32ClFN6O6/c1-18(37)35(32-16-20-9-5-11-22(29)25(20)28)21(10-6-12-30-26(38)31-13-14-36)17-40-27(39)33-24-15-23(34-41-24)19-7-3-2-4-8-19/h2-5,7-9,11,15,21,32,36H,6,10,12-14,16-17H2,1H3,(H,33,39)(H2,30,31,38)/t21-/m0/s1. The van der Waals surface area contributed by atoms with Crippen LogP contribution in [0, 0.1) is 5.82 Å². The first-order valence-electron chi connectivity index (χ1n) is 12.8. The molecule has 0 fully saturated rings. The van der Waals surface area contributed by atoms with Crippen molar-refractivity contribution >= 4 is 35.5 Å². The van der Waals surface area contributed by atoms with Crippen LogP contribution in [0.4, 0.5) is 19.9 Å². The Morgan fingerprint density at radius 1 is 1.12 bits per heavy atom. The van der Waals surface area contributed by atoms with Crippen molar-refractivity contribution in [1.82, 2.24) is 26.2 Å². The van der Waals surface area contributed by atoms with Gasteiger partial charge in [0.25, 0.3) is 0 Å². The van der Waals surface area contributed by atoms with Crippen LogP contribution in [0.5, 0.6) is 0 Å². The number of benzene rings is 2. The lowest BCUT2D eigenvalue weighted by atomic mass is 10.1. The number of ether oxygens (including phenoxy) is 1. The summed E-state index contributed by atoms with van der Waals surface area (Å²) in [4.78, 5) is 36.9. The monoisotopic (exact) mass is 590 g/mol. The number of hydrogen-bond donors (Lipinski definition) is 5. The number of aliphatic hydroxyl groups excluding tert-OH is 1. The molecule has 3 rings (SSSR count). The molecular weight excluding hydrogens is 559 g/mol. The Labute approximate surface area is 241 Å². The number of rotatable bonds is 14. The summed E-state index contributed by atoms with van der Waals surface area (Å²) >= 11 is 6.05. The Balaban J connectivity index is 1.62. The molecule has 14 heteroatoms. The van der Waals surface area contributed by atoms with E-state index in [4.69, 9.17) is 26.0 Å². The van der Waals surface area contributed by atoms with Gasteiger partial charge in [0.05, 0.1) is 17.7 Å². The van der Waals surface area contributed by atoms with Crippen molar-refractivity contribution < 1.29 is 33.1 Å². The summed E-state index contributed by atoms with van der Waals surface area (Å²) in [5, 5.41) is 21.5. The van der Waals surface area contributed by atoms with Crippen molar-refractivity contribution in [2.45, 2.75) is 32.4 Å². The fraction of sp³-hybridized carbons (Fsp3) is 0.333. The zero-order valence-electron chi connectivity index (χ0n) is 22.4. The van der Waals surface area contributed by atoms with E-state index in [0.29, 0.717) is 24.1 Å². The Bertz CT molecular complexity index is 1290. The average molecular weight is 591 g/mol. The SMILES string of the molecule is CC(=O)N(NCc1cccc(F)c1Cl)[C@@H](CCCNC(=O)NCCO)COC(=O)Nc1cc(-c2ccccc2)no1. The third-order valence-electron chi connectivity index (χ3n) is 5.78. The van der Waals surface area contributed by atoms with Gasteiger partial charge in [-0.2, -0.15) is 0 Å². The topological polar surface area (TPSA) is 158 Å². The molecule has 4 amide bonds. The van der Waals surface area contributed by atoms with Crippen molar-refractivity contribution in [3.63, 3.8) is 0 Å². The van der Waals surface area contributed by atoms with E-state index in [1.165, 1.54) is 24.1 Å². The zero-order valence-corrected chi connectivity index (χ0v) is 23.1. The lowest BCUT2D eigenvalue weighted by Gasteiger charge is -2.31. The molecule has 0 aliphatic heterocycles. The van der Waals surface area contributed by atoms with Gasteiger partial charge in [0.15, 0.2) is 0 Å². The predicted molar refractivity (Wildman–Crippen MR) is 149 cm³/mol. The molecule has 1 aromatic heterocycles. The normalized spacial score (nSPS) is 11.4. The highest BCUT2D eigenvalue weighted by Crippen LogP contribution is 2.22. The maximum atomic E-state index is 13.9. The van der Waals surface area contributed by atoms with E-state index in [1.807, 2.05) is 30.3 Å². The van der Waals surface area contributed by atoms with Crippen molar-refractivity contribution in [1.29, 1.82) is 0 Å². The summed E-state index contributed by atoms with van der Waals surface area (Å²) in [5.74, 6) is -0.904. The summed E-state index contributed by atoms with van der Waals surface area (Å²) in [6.07, 6.45) is -0.0991. The number of halogens is 2. The van der Waals surface area contributed by atoms with Gasteiger partial charge in [-0.05, 0) is 24.5 Å². The largest absolute Gasteiger partial charge is 0.447 e. The minimum absolute atomic E-state index is 0.0288. The van der Waals surface area contributed by atoms with Gasteiger partial charge in [-0.25, -0.2) is 19.4 Å². The second kappa shape index (κ2) is 16.2. The van der Waals surface area contributed by atoms with Gasteiger partial charge in [-0.15, -0.1) is 0 Å². The van der Waals surface area contributed by atoms with Gasteiger partial charge < -0.3 is 25.0 Å². The molecule has 0 spiro atoms. The maximum absolute atomic E-state index is 13.9. The smallest absolute Gasteiger partial charge is 0.414 e. The lowest BCUT2D eigenvalue weighted by Crippen LogP contribution is -2.50. The number of aromatic nitrogens is 1. The first kappa shape index (κ1) is 31.3. The van der Waals surface area contributed by atoms with Gasteiger partial charge in [0.1, 0.15) is 18.1 Å². The van der Waals surface area contributed by atoms with E-state index in [0.717, 1.165) is 5.56 Å². The second-order valence-corrected chi connectivity index (χ2v) is 9.18. The number of nitrogens with zero attached hydrogens (tertiary/aromatic N) is 2. The van der Waals surface area contributed by atoms with Crippen LogP contribution in [-0.4, -0.2) is 65.6 Å². The molecular formula is C27H32ClFN6O6. The molecule has 0 aliphatic carbocycles. The fourth-order valence-corrected chi connectivity index (χ4v) is 3.99. The minimum Gasteiger partial charge on any atom is -0.447 e. The van der Waals surface area contributed by atoms with E-state index in [2.05, 4.69) is 26.5 Å². The molecule has 220 valence electrons. The van der Waals surface area contributed by atoms with Gasteiger partial charge in [0.2, 0.25) is 11.8 Å². The van der Waals surface area contributed by atoms with Crippen LogP contribution in [0.1, 0.15) is 25.3 Å². The van der Waals surface area contributed by atoms with Crippen molar-refractivity contribution in [2.24, 2.45) is 0 Å². The first-order chi connectivity index (χ1) is 19.8. The van der Waals surface area contributed by atoms with E-state index in [9.17, 15) is 18.8 Å². The molecule has 0 unspecified atom stereocenters. The molecule has 3 aromatic rings. The first-order valence-corrected chi connectivity index (χ1v) is 13.2. The highest BCUT2D eigenvalue weighted by atomic mass is 35.5. The third kappa shape index (κ3) is 10.0. The number of hydrogen-bond acceptors (Lipinski definition) is 8. The van der Waals surface area contributed by atoms with Crippen molar-refractivity contribution in [3.05, 3.63) is 71.0 Å². The number of hydrazine groups is 1. The highest BCUT2D eigenvalue weighted by Gasteiger charge is 2.24. The Hall–Kier alpha value is -4.20. The lowest BCUT2D eigenvalue weighted by molar-refractivity contribution is -0.136. The zero-order chi connectivity index (χ0) is 29.6. The fourth-order valence-electron chi connectivity index (χ4n) is 3.80. The van der Waals surface area contributed by atoms with Crippen LogP contribution in [0.2, 0.25) is 5.02 Å². The molecule has 0 bridgehead atoms. The summed E-state index contributed by atoms with van der Waals surface area (Å²) in [7, 11) is 0. The third-order valence-corrected chi connectivity index (χ3v) is 6.21. The van der Waals surface area contributed by atoms with Gasteiger partial charge in [0, 0.05) is 38.2 Å². The summed E-state index contributed by atoms with van der Waals surface area (Å²) in [6.45, 7) is 1.31. The van der Waals surface area contributed by atoms with Crippen LogP contribution < -0.4 is 21.4 Å². The highest BCUT2D eigenvalue weighted by molar-refractivity contribution is 6.31. The number of urea groups is 1. The van der Waals surface area contributed by atoms with E-state index in [1.54, 1.807) is 12.1 Å². The van der Waals surface area contributed by atoms with Gasteiger partial charge in [-0.3, -0.25) is 15.1 Å². The van der Waals surface area contributed by atoms with Crippen LogP contribution in [0.3, 0.4) is 0 Å². The summed E-state index contributed by atoms with van der Waals surface area (Å²) in [5.41, 5.74) is 4.70. The average Bonchev–Trinajstić information content (AvgIpc) is 3.43. The number of aliphatic hydroxyl groups is 1. The van der Waals surface area contributed by atoms with Crippen molar-refractivity contribution in [2.75, 3.05) is 31.6 Å². The van der Waals surface area contributed by atoms with Crippen LogP contribution in [-0.2, 0) is 16.1 Å². The molecule has 41 heavy (non-hydrogen) atoms. The van der Waals surface area contributed by atoms with Gasteiger partial charge >= 0.3 is 12.1 Å². The van der Waals surface area contributed by atoms with Crippen LogP contribution in [0.15, 0.2) is 59.1 Å². The summed E-state index contributed by atoms with van der Waals surface area (Å²) < 4.78 is 24.5. The Kier molecular flexibility index (Phi) is 12.3. The van der Waals surface area contributed by atoms with Crippen LogP contribution >= 0.6 is 11.6 Å². The van der Waals surface area contributed by atoms with Gasteiger partial charge in [-0.1, -0.05) is 59.2 Å². The maximum Gasteiger partial charge on any atom is 0.414 e. The Morgan fingerprint density at radius 3 is 2.61 bits per heavy atom. The number of carbonyl (C=O) groups is 3. The minimum atomic E-state index is -0.830. The predicted octanol–water partition coefficient (Wildman–Crippen LogP) is 3.68. The molecule has 0 aliphatic rings. The van der Waals surface area contributed by atoms with Crippen molar-refractivity contribution in [3.8, 4) is 11.3 Å². The number of anilines is 1. The number of amides is 4. The van der Waals surface area contributed by atoms with E-state index >= 15 is 0 Å². The molecule has 1 heterocycles. The Morgan fingerprint density at radius 2 is 1.88 bits per heavy atom. The molecule has 0 radical (unpaired) electrons. The number of carbonyl (C=O) groups excluding carboxylic acids is 3. The molecule has 12 nitrogen and oxygen atoms in total. The number of nitrogens with one attached hydrogen (secondary N) is 4.